The molecule has 26 heavy (non-hydrogen) atoms. The fraction of sp³-hybridized carbons (Fsp3) is 0.100. The van der Waals surface area contributed by atoms with E-state index in [1.165, 1.54) is 31.2 Å². The summed E-state index contributed by atoms with van der Waals surface area (Å²) in [5.41, 5.74) is -0.133. The summed E-state index contributed by atoms with van der Waals surface area (Å²) in [7, 11) is 0. The Balaban J connectivity index is 2.02. The van der Waals surface area contributed by atoms with Crippen LogP contribution in [0.2, 0.25) is 0 Å². The molecule has 0 aliphatic carbocycles. The van der Waals surface area contributed by atoms with E-state index in [1.54, 1.807) is 0 Å². The number of rotatable bonds is 2. The molecular weight excluding hydrogens is 351 g/mol. The Kier molecular flexibility index (Phi) is 4.81. The van der Waals surface area contributed by atoms with E-state index in [0.717, 1.165) is 12.1 Å². The van der Waals surface area contributed by atoms with E-state index in [2.05, 4.69) is 11.8 Å². The quantitative estimate of drug-likeness (QED) is 0.340. The average molecular weight is 362 g/mol. The molecule has 0 unspecified atom stereocenters. The Morgan fingerprint density at radius 3 is 2.31 bits per heavy atom. The van der Waals surface area contributed by atoms with Gasteiger partial charge >= 0.3 is 0 Å². The molecule has 3 rings (SSSR count). The summed E-state index contributed by atoms with van der Waals surface area (Å²) < 4.78 is 73.3. The summed E-state index contributed by atoms with van der Waals surface area (Å²) in [6.07, 6.45) is 0. The molecule has 0 aliphatic heterocycles. The van der Waals surface area contributed by atoms with E-state index in [0.29, 0.717) is 10.9 Å². The summed E-state index contributed by atoms with van der Waals surface area (Å²) in [5.74, 6) is -1.69. The van der Waals surface area contributed by atoms with Gasteiger partial charge < -0.3 is 4.74 Å². The molecule has 0 spiro atoms. The molecule has 0 radical (unpaired) electrons. The highest BCUT2D eigenvalue weighted by molar-refractivity contribution is 5.84. The van der Waals surface area contributed by atoms with E-state index in [1.807, 2.05) is 0 Å². The third kappa shape index (κ3) is 3.21. The lowest BCUT2D eigenvalue weighted by atomic mass is 10.1. The summed E-state index contributed by atoms with van der Waals surface area (Å²) >= 11 is 0. The van der Waals surface area contributed by atoms with Crippen molar-refractivity contribution in [2.75, 3.05) is 6.61 Å². The van der Waals surface area contributed by atoms with Crippen LogP contribution in [0, 0.1) is 40.9 Å². The molecule has 1 nitrogen and oxygen atoms in total. The lowest BCUT2D eigenvalue weighted by Crippen LogP contribution is -2.02. The minimum absolute atomic E-state index is 0.0213. The molecule has 3 aromatic rings. The monoisotopic (exact) mass is 362 g/mol. The molecule has 0 bridgehead atoms. The second-order valence-electron chi connectivity index (χ2n) is 5.34. The molecule has 0 N–H and O–H groups in total. The Morgan fingerprint density at radius 2 is 1.58 bits per heavy atom. The molecule has 0 aromatic heterocycles. The first-order chi connectivity index (χ1) is 12.4. The molecule has 0 aliphatic rings. The fourth-order valence-corrected chi connectivity index (χ4v) is 2.43. The van der Waals surface area contributed by atoms with Crippen LogP contribution in [0.25, 0.3) is 10.8 Å². The lowest BCUT2D eigenvalue weighted by molar-refractivity contribution is 0.295. The zero-order valence-corrected chi connectivity index (χ0v) is 13.5. The van der Waals surface area contributed by atoms with Crippen molar-refractivity contribution in [3.8, 4) is 17.6 Å². The van der Waals surface area contributed by atoms with Gasteiger partial charge in [-0.15, -0.1) is 0 Å². The predicted octanol–water partition coefficient (Wildman–Crippen LogP) is 5.33. The molecule has 3 aromatic carbocycles. The summed E-state index contributed by atoms with van der Waals surface area (Å²) in [4.78, 5) is 0. The van der Waals surface area contributed by atoms with Crippen molar-refractivity contribution in [2.45, 2.75) is 6.92 Å². The van der Waals surface area contributed by atoms with Crippen LogP contribution >= 0.6 is 0 Å². The highest BCUT2D eigenvalue weighted by Crippen LogP contribution is 2.26. The molecule has 0 amide bonds. The number of hydrogen-bond donors (Lipinski definition) is 0. The van der Waals surface area contributed by atoms with Crippen LogP contribution in [-0.4, -0.2) is 6.61 Å². The van der Waals surface area contributed by atoms with Gasteiger partial charge in [0, 0.05) is 10.9 Å². The standard InChI is InChI=1S/C20H11F5O/c1-2-26-20-16(22)10-13(17(23)19(20)25)5-3-11-4-7-14-12(9-11)6-8-15(21)18(14)24/h4,6-10H,2H2,1H3. The van der Waals surface area contributed by atoms with Gasteiger partial charge in [0.2, 0.25) is 5.82 Å². The number of fused-ring (bicyclic) bond motifs is 1. The van der Waals surface area contributed by atoms with Crippen LogP contribution in [-0.2, 0) is 0 Å². The van der Waals surface area contributed by atoms with Crippen molar-refractivity contribution >= 4 is 10.8 Å². The van der Waals surface area contributed by atoms with E-state index in [9.17, 15) is 22.0 Å². The number of halogens is 5. The SMILES string of the molecule is CCOc1c(F)cc(C#Cc2ccc3c(F)c(F)ccc3c2)c(F)c1F. The summed E-state index contributed by atoms with van der Waals surface area (Å²) in [5, 5.41) is 0.458. The van der Waals surface area contributed by atoms with Crippen molar-refractivity contribution in [2.24, 2.45) is 0 Å². The van der Waals surface area contributed by atoms with Crippen LogP contribution < -0.4 is 4.74 Å². The largest absolute Gasteiger partial charge is 0.488 e. The van der Waals surface area contributed by atoms with Gasteiger partial charge in [0.1, 0.15) is 0 Å². The molecule has 0 heterocycles. The van der Waals surface area contributed by atoms with E-state index >= 15 is 0 Å². The molecule has 0 saturated heterocycles. The number of benzene rings is 3. The summed E-state index contributed by atoms with van der Waals surface area (Å²) in [6, 6.07) is 7.28. The average Bonchev–Trinajstić information content (AvgIpc) is 2.63. The van der Waals surface area contributed by atoms with Crippen LogP contribution in [0.15, 0.2) is 36.4 Å². The predicted molar refractivity (Wildman–Crippen MR) is 87.3 cm³/mol. The normalized spacial score (nSPS) is 10.5. The van der Waals surface area contributed by atoms with Crippen LogP contribution in [0.3, 0.4) is 0 Å². The molecule has 6 heteroatoms. The fourth-order valence-electron chi connectivity index (χ4n) is 2.43. The third-order valence-electron chi connectivity index (χ3n) is 3.65. The van der Waals surface area contributed by atoms with Gasteiger partial charge in [-0.05, 0) is 36.6 Å². The van der Waals surface area contributed by atoms with Gasteiger partial charge in [0.05, 0.1) is 12.2 Å². The van der Waals surface area contributed by atoms with Gasteiger partial charge in [-0.2, -0.15) is 4.39 Å². The topological polar surface area (TPSA) is 9.23 Å². The molecule has 132 valence electrons. The minimum atomic E-state index is -1.45. The maximum absolute atomic E-state index is 14.0. The molecule has 0 atom stereocenters. The number of hydrogen-bond acceptors (Lipinski definition) is 1. The van der Waals surface area contributed by atoms with Gasteiger partial charge in [-0.25, -0.2) is 17.6 Å². The first-order valence-electron chi connectivity index (χ1n) is 7.62. The Morgan fingerprint density at radius 1 is 0.808 bits per heavy atom. The van der Waals surface area contributed by atoms with Gasteiger partial charge in [-0.3, -0.25) is 0 Å². The van der Waals surface area contributed by atoms with Crippen molar-refractivity contribution in [3.05, 3.63) is 76.6 Å². The summed E-state index contributed by atoms with van der Waals surface area (Å²) in [6.45, 7) is 1.49. The highest BCUT2D eigenvalue weighted by atomic mass is 19.2. The van der Waals surface area contributed by atoms with E-state index in [4.69, 9.17) is 4.74 Å². The van der Waals surface area contributed by atoms with Gasteiger partial charge in [0.25, 0.3) is 0 Å². The second-order valence-corrected chi connectivity index (χ2v) is 5.34. The Bertz CT molecular complexity index is 1060. The zero-order chi connectivity index (χ0) is 18.8. The molecular formula is C20H11F5O. The van der Waals surface area contributed by atoms with Gasteiger partial charge in [-0.1, -0.05) is 24.0 Å². The van der Waals surface area contributed by atoms with Crippen LogP contribution in [0.5, 0.6) is 5.75 Å². The maximum atomic E-state index is 14.0. The molecule has 0 saturated carbocycles. The lowest BCUT2D eigenvalue weighted by Gasteiger charge is -2.07. The van der Waals surface area contributed by atoms with Crippen molar-refractivity contribution in [1.29, 1.82) is 0 Å². The smallest absolute Gasteiger partial charge is 0.204 e. The van der Waals surface area contributed by atoms with Crippen molar-refractivity contribution < 1.29 is 26.7 Å². The highest BCUT2D eigenvalue weighted by Gasteiger charge is 2.19. The maximum Gasteiger partial charge on any atom is 0.204 e. The third-order valence-corrected chi connectivity index (χ3v) is 3.65. The zero-order valence-electron chi connectivity index (χ0n) is 13.5. The Hall–Kier alpha value is -3.07. The van der Waals surface area contributed by atoms with E-state index < -0.39 is 40.4 Å². The first-order valence-corrected chi connectivity index (χ1v) is 7.62. The minimum Gasteiger partial charge on any atom is -0.488 e. The number of ether oxygens (including phenoxy) is 1. The van der Waals surface area contributed by atoms with E-state index in [-0.39, 0.29) is 12.0 Å². The van der Waals surface area contributed by atoms with Crippen molar-refractivity contribution in [3.63, 3.8) is 0 Å². The van der Waals surface area contributed by atoms with Crippen LogP contribution in [0.1, 0.15) is 18.1 Å². The van der Waals surface area contributed by atoms with Gasteiger partial charge in [0.15, 0.2) is 29.0 Å². The second kappa shape index (κ2) is 7.04. The Labute approximate surface area is 146 Å². The first kappa shape index (κ1) is 17.7. The molecule has 0 fully saturated rings. The van der Waals surface area contributed by atoms with Crippen molar-refractivity contribution in [1.82, 2.24) is 0 Å². The van der Waals surface area contributed by atoms with Crippen LogP contribution in [0.4, 0.5) is 22.0 Å².